The Morgan fingerprint density at radius 1 is 0.962 bits per heavy atom. The summed E-state index contributed by atoms with van der Waals surface area (Å²) in [7, 11) is 0. The first-order chi connectivity index (χ1) is 12.6. The van der Waals surface area contributed by atoms with E-state index in [9.17, 15) is 9.18 Å². The van der Waals surface area contributed by atoms with Crippen LogP contribution in [-0.2, 0) is 0 Å². The summed E-state index contributed by atoms with van der Waals surface area (Å²) in [5, 5.41) is 3.04. The first kappa shape index (κ1) is 16.3. The third-order valence-electron chi connectivity index (χ3n) is 4.02. The van der Waals surface area contributed by atoms with Gasteiger partial charge in [0, 0.05) is 11.4 Å². The van der Waals surface area contributed by atoms with E-state index >= 15 is 0 Å². The Balaban J connectivity index is 1.62. The van der Waals surface area contributed by atoms with Gasteiger partial charge in [0.1, 0.15) is 5.82 Å². The summed E-state index contributed by atoms with van der Waals surface area (Å²) in [6.45, 7) is 0. The molecule has 0 fully saturated rings. The fourth-order valence-electron chi connectivity index (χ4n) is 2.78. The SMILES string of the molecule is O=C(Nc1ccc(-n2c(Cl)nc3ccccc32)cc1)c1ccccc1F. The minimum absolute atomic E-state index is 0.000208. The van der Waals surface area contributed by atoms with Crippen molar-refractivity contribution in [3.63, 3.8) is 0 Å². The molecule has 0 aliphatic rings. The Bertz CT molecular complexity index is 1110. The van der Waals surface area contributed by atoms with Crippen molar-refractivity contribution in [2.24, 2.45) is 0 Å². The average molecular weight is 366 g/mol. The largest absolute Gasteiger partial charge is 0.322 e. The fraction of sp³-hybridized carbons (Fsp3) is 0. The monoisotopic (exact) mass is 365 g/mol. The van der Waals surface area contributed by atoms with Crippen LogP contribution in [0.1, 0.15) is 10.4 Å². The molecular weight excluding hydrogens is 353 g/mol. The summed E-state index contributed by atoms with van der Waals surface area (Å²) in [4.78, 5) is 16.5. The van der Waals surface area contributed by atoms with E-state index in [1.165, 1.54) is 12.1 Å². The number of para-hydroxylation sites is 2. The highest BCUT2D eigenvalue weighted by molar-refractivity contribution is 6.29. The zero-order valence-corrected chi connectivity index (χ0v) is 14.2. The van der Waals surface area contributed by atoms with Crippen molar-refractivity contribution in [1.29, 1.82) is 0 Å². The molecule has 128 valence electrons. The van der Waals surface area contributed by atoms with Gasteiger partial charge in [0.15, 0.2) is 0 Å². The van der Waals surface area contributed by atoms with Gasteiger partial charge < -0.3 is 5.32 Å². The van der Waals surface area contributed by atoms with Crippen molar-refractivity contribution in [2.75, 3.05) is 5.32 Å². The van der Waals surface area contributed by atoms with E-state index in [1.54, 1.807) is 24.3 Å². The van der Waals surface area contributed by atoms with Gasteiger partial charge in [-0.1, -0.05) is 24.3 Å². The molecule has 1 heterocycles. The number of carbonyl (C=O) groups excluding carboxylic acids is 1. The number of aromatic nitrogens is 2. The van der Waals surface area contributed by atoms with Crippen molar-refractivity contribution in [3.8, 4) is 5.69 Å². The van der Waals surface area contributed by atoms with Crippen LogP contribution in [0.2, 0.25) is 5.28 Å². The van der Waals surface area contributed by atoms with E-state index in [1.807, 2.05) is 41.0 Å². The van der Waals surface area contributed by atoms with E-state index in [0.717, 1.165) is 16.7 Å². The number of halogens is 2. The van der Waals surface area contributed by atoms with Gasteiger partial charge in [-0.3, -0.25) is 9.36 Å². The number of rotatable bonds is 3. The molecule has 0 radical (unpaired) electrons. The van der Waals surface area contributed by atoms with E-state index in [-0.39, 0.29) is 5.56 Å². The summed E-state index contributed by atoms with van der Waals surface area (Å²) in [5.41, 5.74) is 3.06. The van der Waals surface area contributed by atoms with E-state index in [2.05, 4.69) is 10.3 Å². The van der Waals surface area contributed by atoms with Crippen LogP contribution in [0, 0.1) is 5.82 Å². The predicted octanol–water partition coefficient (Wildman–Crippen LogP) is 5.07. The predicted molar refractivity (Wildman–Crippen MR) is 100 cm³/mol. The fourth-order valence-corrected chi connectivity index (χ4v) is 3.06. The molecule has 0 spiro atoms. The molecule has 1 amide bonds. The summed E-state index contributed by atoms with van der Waals surface area (Å²) >= 11 is 6.26. The molecule has 0 atom stereocenters. The van der Waals surface area contributed by atoms with Gasteiger partial charge in [-0.2, -0.15) is 0 Å². The average Bonchev–Trinajstić information content (AvgIpc) is 2.98. The Labute approximate surface area is 153 Å². The molecule has 0 saturated heterocycles. The lowest BCUT2D eigenvalue weighted by molar-refractivity contribution is 0.102. The van der Waals surface area contributed by atoms with Crippen molar-refractivity contribution in [2.45, 2.75) is 0 Å². The lowest BCUT2D eigenvalue weighted by Gasteiger charge is -2.09. The second-order valence-electron chi connectivity index (χ2n) is 5.69. The molecule has 3 aromatic carbocycles. The summed E-state index contributed by atoms with van der Waals surface area (Å²) in [6, 6.07) is 20.6. The third kappa shape index (κ3) is 2.93. The maximum atomic E-state index is 13.7. The summed E-state index contributed by atoms with van der Waals surface area (Å²) in [5.74, 6) is -1.06. The third-order valence-corrected chi connectivity index (χ3v) is 4.28. The Morgan fingerprint density at radius 3 is 2.42 bits per heavy atom. The zero-order valence-electron chi connectivity index (χ0n) is 13.5. The van der Waals surface area contributed by atoms with E-state index in [4.69, 9.17) is 11.6 Å². The highest BCUT2D eigenvalue weighted by Gasteiger charge is 2.12. The number of hydrogen-bond acceptors (Lipinski definition) is 2. The summed E-state index contributed by atoms with van der Waals surface area (Å²) < 4.78 is 15.5. The topological polar surface area (TPSA) is 46.9 Å². The van der Waals surface area contributed by atoms with Crippen LogP contribution in [0.25, 0.3) is 16.7 Å². The second-order valence-corrected chi connectivity index (χ2v) is 6.02. The molecule has 0 saturated carbocycles. The number of imidazole rings is 1. The molecule has 0 aliphatic carbocycles. The number of hydrogen-bond donors (Lipinski definition) is 1. The lowest BCUT2D eigenvalue weighted by atomic mass is 10.2. The number of fused-ring (bicyclic) bond motifs is 1. The van der Waals surface area contributed by atoms with Crippen LogP contribution in [0.5, 0.6) is 0 Å². The van der Waals surface area contributed by atoms with Crippen LogP contribution in [0.4, 0.5) is 10.1 Å². The van der Waals surface area contributed by atoms with Gasteiger partial charge in [-0.25, -0.2) is 9.37 Å². The molecule has 1 aromatic heterocycles. The van der Waals surface area contributed by atoms with Gasteiger partial charge in [0.25, 0.3) is 5.91 Å². The molecular formula is C20H13ClFN3O. The van der Waals surface area contributed by atoms with Crippen LogP contribution in [-0.4, -0.2) is 15.5 Å². The van der Waals surface area contributed by atoms with Crippen molar-refractivity contribution in [3.05, 3.63) is 89.5 Å². The number of nitrogens with one attached hydrogen (secondary N) is 1. The number of benzene rings is 3. The van der Waals surface area contributed by atoms with Gasteiger partial charge in [0.2, 0.25) is 5.28 Å². The standard InChI is InChI=1S/C20H13ClFN3O/c21-20-24-17-7-3-4-8-18(17)25(20)14-11-9-13(10-12-14)23-19(26)15-5-1-2-6-16(15)22/h1-12H,(H,23,26). The van der Waals surface area contributed by atoms with Gasteiger partial charge >= 0.3 is 0 Å². The molecule has 4 rings (SSSR count). The highest BCUT2D eigenvalue weighted by Crippen LogP contribution is 2.25. The van der Waals surface area contributed by atoms with Gasteiger partial charge in [0.05, 0.1) is 16.6 Å². The van der Waals surface area contributed by atoms with Crippen LogP contribution >= 0.6 is 11.6 Å². The first-order valence-corrected chi connectivity index (χ1v) is 8.30. The normalized spacial score (nSPS) is 10.8. The quantitative estimate of drug-likeness (QED) is 0.551. The number of nitrogens with zero attached hydrogens (tertiary/aromatic N) is 2. The van der Waals surface area contributed by atoms with Gasteiger partial charge in [-0.05, 0) is 60.1 Å². The van der Waals surface area contributed by atoms with Crippen molar-refractivity contribution in [1.82, 2.24) is 9.55 Å². The molecule has 0 bridgehead atoms. The minimum atomic E-state index is -0.557. The smallest absolute Gasteiger partial charge is 0.258 e. The first-order valence-electron chi connectivity index (χ1n) is 7.93. The Kier molecular flexibility index (Phi) is 4.14. The van der Waals surface area contributed by atoms with Crippen LogP contribution < -0.4 is 5.32 Å². The van der Waals surface area contributed by atoms with Gasteiger partial charge in [-0.15, -0.1) is 0 Å². The molecule has 6 heteroatoms. The molecule has 0 unspecified atom stereocenters. The molecule has 0 aliphatic heterocycles. The Morgan fingerprint density at radius 2 is 1.65 bits per heavy atom. The molecule has 4 aromatic rings. The molecule has 4 nitrogen and oxygen atoms in total. The highest BCUT2D eigenvalue weighted by atomic mass is 35.5. The number of anilines is 1. The summed E-state index contributed by atoms with van der Waals surface area (Å²) in [6.07, 6.45) is 0. The zero-order chi connectivity index (χ0) is 18.1. The molecule has 1 N–H and O–H groups in total. The lowest BCUT2D eigenvalue weighted by Crippen LogP contribution is -2.13. The van der Waals surface area contributed by atoms with Crippen LogP contribution in [0.3, 0.4) is 0 Å². The Hall–Kier alpha value is -3.18. The number of amides is 1. The number of carbonyl (C=O) groups is 1. The van der Waals surface area contributed by atoms with E-state index < -0.39 is 11.7 Å². The van der Waals surface area contributed by atoms with Crippen molar-refractivity contribution < 1.29 is 9.18 Å². The van der Waals surface area contributed by atoms with Crippen molar-refractivity contribution >= 4 is 34.2 Å². The molecule has 26 heavy (non-hydrogen) atoms. The second kappa shape index (κ2) is 6.61. The minimum Gasteiger partial charge on any atom is -0.322 e. The maximum absolute atomic E-state index is 13.7. The van der Waals surface area contributed by atoms with E-state index in [0.29, 0.717) is 11.0 Å². The maximum Gasteiger partial charge on any atom is 0.258 e. The van der Waals surface area contributed by atoms with Crippen LogP contribution in [0.15, 0.2) is 72.8 Å².